The van der Waals surface area contributed by atoms with E-state index in [1.54, 1.807) is 6.33 Å². The summed E-state index contributed by atoms with van der Waals surface area (Å²) in [6.07, 6.45) is 6.96. The second-order valence-electron chi connectivity index (χ2n) is 7.83. The summed E-state index contributed by atoms with van der Waals surface area (Å²) in [5.41, 5.74) is 9.35. The van der Waals surface area contributed by atoms with Gasteiger partial charge in [0.2, 0.25) is 0 Å². The molecule has 1 N–H and O–H groups in total. The van der Waals surface area contributed by atoms with Gasteiger partial charge in [0.1, 0.15) is 12.1 Å². The van der Waals surface area contributed by atoms with Crippen molar-refractivity contribution in [2.24, 2.45) is 0 Å². The molecule has 132 valence electrons. The van der Waals surface area contributed by atoms with Gasteiger partial charge in [-0.2, -0.15) is 0 Å². The zero-order chi connectivity index (χ0) is 18.2. The molecule has 0 saturated heterocycles. The Morgan fingerprint density at radius 3 is 2.79 bits per heavy atom. The summed E-state index contributed by atoms with van der Waals surface area (Å²) in [7, 11) is 0. The molecule has 0 unspecified atom stereocenters. The number of rotatable bonds is 0. The molecule has 28 heavy (non-hydrogen) atoms. The van der Waals surface area contributed by atoms with Gasteiger partial charge < -0.3 is 5.32 Å². The highest BCUT2D eigenvalue weighted by molar-refractivity contribution is 6.02. The Hall–Kier alpha value is -3.53. The zero-order valence-electron chi connectivity index (χ0n) is 15.2. The second-order valence-corrected chi connectivity index (χ2v) is 7.83. The molecule has 0 spiro atoms. The molecule has 0 atom stereocenters. The number of anilines is 2. The monoisotopic (exact) mass is 360 g/mol. The van der Waals surface area contributed by atoms with Crippen molar-refractivity contribution < 1.29 is 0 Å². The molecule has 3 aliphatic heterocycles. The first-order valence-corrected chi connectivity index (χ1v) is 9.68. The fraction of sp³-hybridized carbons (Fsp3) is 0.125. The number of allylic oxidation sites excluding steroid dienone is 2. The molecular weight excluding hydrogens is 344 g/mol. The maximum atomic E-state index is 5.08. The standard InChI is InChI=1S/C24H16N4/c1-2-4-16-14(3-1)9-20-24-18(16)8-13-5-6-15-10-21-23(26-12-25-20)19(17(15)7-13)11-22(27-21)28-24/h1-5,9-12H,6-8H2,(H,27,28). The molecule has 0 fully saturated rings. The summed E-state index contributed by atoms with van der Waals surface area (Å²) < 4.78 is 0. The number of aromatic nitrogens is 3. The molecule has 0 radical (unpaired) electrons. The molecule has 4 aromatic rings. The van der Waals surface area contributed by atoms with Gasteiger partial charge in [-0.3, -0.25) is 0 Å². The van der Waals surface area contributed by atoms with Crippen LogP contribution >= 0.6 is 0 Å². The smallest absolute Gasteiger partial charge is 0.131 e. The van der Waals surface area contributed by atoms with Crippen molar-refractivity contribution in [2.45, 2.75) is 19.3 Å². The van der Waals surface area contributed by atoms with E-state index < -0.39 is 0 Å². The summed E-state index contributed by atoms with van der Waals surface area (Å²) in [5, 5.41) is 7.17. The van der Waals surface area contributed by atoms with Gasteiger partial charge in [0.25, 0.3) is 0 Å². The van der Waals surface area contributed by atoms with E-state index in [4.69, 9.17) is 15.0 Å². The number of nitrogens with one attached hydrogen (secondary N) is 1. The highest BCUT2D eigenvalue weighted by atomic mass is 15.0. The number of hydrogen-bond acceptors (Lipinski definition) is 4. The van der Waals surface area contributed by atoms with Crippen LogP contribution in [0.4, 0.5) is 11.5 Å². The molecule has 1 aromatic heterocycles. The topological polar surface area (TPSA) is 50.7 Å². The first kappa shape index (κ1) is 14.5. The quantitative estimate of drug-likeness (QED) is 0.391. The molecule has 8 rings (SSSR count). The van der Waals surface area contributed by atoms with Crippen molar-refractivity contribution in [1.29, 1.82) is 0 Å². The van der Waals surface area contributed by atoms with Crippen molar-refractivity contribution in [2.75, 3.05) is 5.32 Å². The lowest BCUT2D eigenvalue weighted by Gasteiger charge is -2.25. The molecule has 0 saturated carbocycles. The van der Waals surface area contributed by atoms with Crippen LogP contribution in [0.25, 0.3) is 32.7 Å². The third kappa shape index (κ3) is 1.87. The Bertz CT molecular complexity index is 1460. The van der Waals surface area contributed by atoms with Crippen LogP contribution in [0.1, 0.15) is 16.7 Å². The van der Waals surface area contributed by atoms with Crippen LogP contribution < -0.4 is 5.32 Å². The second kappa shape index (κ2) is 5.04. The summed E-state index contributed by atoms with van der Waals surface area (Å²) in [6.45, 7) is 0. The van der Waals surface area contributed by atoms with Crippen LogP contribution in [0.5, 0.6) is 0 Å². The Morgan fingerprint density at radius 2 is 1.79 bits per heavy atom. The van der Waals surface area contributed by atoms with E-state index in [9.17, 15) is 0 Å². The summed E-state index contributed by atoms with van der Waals surface area (Å²) in [4.78, 5) is 14.6. The first-order chi connectivity index (χ1) is 13.8. The van der Waals surface area contributed by atoms with E-state index >= 15 is 0 Å². The Labute approximate surface area is 161 Å². The molecule has 7 bridgehead atoms. The number of benzene rings is 3. The summed E-state index contributed by atoms with van der Waals surface area (Å²) >= 11 is 0. The van der Waals surface area contributed by atoms with Crippen LogP contribution in [-0.2, 0) is 19.3 Å². The van der Waals surface area contributed by atoms with Gasteiger partial charge in [-0.1, -0.05) is 35.9 Å². The maximum absolute atomic E-state index is 5.08. The lowest BCUT2D eigenvalue weighted by molar-refractivity contribution is 0.968. The zero-order valence-corrected chi connectivity index (χ0v) is 15.2. The summed E-state index contributed by atoms with van der Waals surface area (Å²) in [6, 6.07) is 15.1. The van der Waals surface area contributed by atoms with Crippen molar-refractivity contribution in [3.63, 3.8) is 0 Å². The lowest BCUT2D eigenvalue weighted by atomic mass is 9.84. The number of hydrogen-bond donors (Lipinski definition) is 1. The van der Waals surface area contributed by atoms with Gasteiger partial charge in [-0.25, -0.2) is 15.0 Å². The minimum Gasteiger partial charge on any atom is -0.338 e. The third-order valence-corrected chi connectivity index (χ3v) is 6.23. The van der Waals surface area contributed by atoms with Gasteiger partial charge in [0, 0.05) is 5.39 Å². The van der Waals surface area contributed by atoms with Crippen molar-refractivity contribution in [1.82, 2.24) is 15.0 Å². The van der Waals surface area contributed by atoms with Gasteiger partial charge in [0.15, 0.2) is 0 Å². The molecule has 4 aliphatic rings. The van der Waals surface area contributed by atoms with Crippen molar-refractivity contribution in [3.05, 3.63) is 77.1 Å². The van der Waals surface area contributed by atoms with E-state index in [2.05, 4.69) is 53.9 Å². The number of fused-ring (bicyclic) bond motifs is 5. The average Bonchev–Trinajstić information content (AvgIpc) is 2.71. The molecule has 0 amide bonds. The average molecular weight is 360 g/mol. The molecule has 1 aliphatic carbocycles. The summed E-state index contributed by atoms with van der Waals surface area (Å²) in [5.74, 6) is 0.875. The van der Waals surface area contributed by atoms with E-state index in [1.807, 2.05) is 0 Å². The molecule has 3 aromatic carbocycles. The SMILES string of the molecule is C1=C2Cc3c(cc4c5ncnc6cc7ccccc7c(c6nc(cc35)N4)C2)C1. The van der Waals surface area contributed by atoms with Crippen molar-refractivity contribution in [3.8, 4) is 0 Å². The lowest BCUT2D eigenvalue weighted by Crippen LogP contribution is -2.12. The van der Waals surface area contributed by atoms with Crippen LogP contribution in [0.3, 0.4) is 0 Å². The highest BCUT2D eigenvalue weighted by Crippen LogP contribution is 2.40. The van der Waals surface area contributed by atoms with Crippen molar-refractivity contribution >= 4 is 44.2 Å². The fourth-order valence-electron chi connectivity index (χ4n) is 4.92. The normalized spacial score (nSPS) is 15.2. The fourth-order valence-corrected chi connectivity index (χ4v) is 4.92. The Balaban J connectivity index is 1.79. The van der Waals surface area contributed by atoms with Crippen LogP contribution in [0, 0.1) is 0 Å². The van der Waals surface area contributed by atoms with Crippen LogP contribution in [-0.4, -0.2) is 15.0 Å². The largest absolute Gasteiger partial charge is 0.338 e. The maximum Gasteiger partial charge on any atom is 0.131 e. The molecular formula is C24H16N4. The predicted octanol–water partition coefficient (Wildman–Crippen LogP) is 5.09. The van der Waals surface area contributed by atoms with Gasteiger partial charge in [-0.15, -0.1) is 0 Å². The molecule has 4 nitrogen and oxygen atoms in total. The Kier molecular flexibility index (Phi) is 2.62. The van der Waals surface area contributed by atoms with E-state index in [0.717, 1.165) is 47.3 Å². The number of nitrogens with zero attached hydrogens (tertiary/aromatic N) is 3. The highest BCUT2D eigenvalue weighted by Gasteiger charge is 2.23. The van der Waals surface area contributed by atoms with Gasteiger partial charge in [-0.05, 0) is 64.9 Å². The molecule has 4 heteroatoms. The Morgan fingerprint density at radius 1 is 0.857 bits per heavy atom. The predicted molar refractivity (Wildman–Crippen MR) is 112 cm³/mol. The van der Waals surface area contributed by atoms with E-state index in [0.29, 0.717) is 0 Å². The third-order valence-electron chi connectivity index (χ3n) is 6.23. The van der Waals surface area contributed by atoms with Crippen LogP contribution in [0.15, 0.2) is 60.4 Å². The van der Waals surface area contributed by atoms with Gasteiger partial charge >= 0.3 is 0 Å². The van der Waals surface area contributed by atoms with Crippen LogP contribution in [0.2, 0.25) is 0 Å². The first-order valence-electron chi connectivity index (χ1n) is 9.68. The van der Waals surface area contributed by atoms with E-state index in [-0.39, 0.29) is 0 Å². The minimum absolute atomic E-state index is 0.875. The van der Waals surface area contributed by atoms with Gasteiger partial charge in [0.05, 0.1) is 22.2 Å². The van der Waals surface area contributed by atoms with E-state index in [1.165, 1.54) is 38.4 Å². The minimum atomic E-state index is 0.875. The molecule has 4 heterocycles.